The number of aliphatic carboxylic acids is 1. The number of carbonyl (C=O) groups is 3. The maximum absolute atomic E-state index is 11.5. The standard InChI is InChI=1S/C11H17N5O4/c1-16-5-3-7(15-16)2-4-13-11(20)14-8(10(18)19)6-9(12)17/h3,5,8H,2,4,6H2,1H3,(H2,12,17)(H,18,19)(H2,13,14,20)/t8-/m1/s1. The van der Waals surface area contributed by atoms with Crippen LogP contribution >= 0.6 is 0 Å². The number of hydrogen-bond donors (Lipinski definition) is 4. The molecular weight excluding hydrogens is 266 g/mol. The summed E-state index contributed by atoms with van der Waals surface area (Å²) in [5.41, 5.74) is 5.71. The molecule has 0 aliphatic rings. The van der Waals surface area contributed by atoms with Crippen molar-refractivity contribution in [3.05, 3.63) is 18.0 Å². The van der Waals surface area contributed by atoms with Crippen LogP contribution in [0, 0.1) is 0 Å². The van der Waals surface area contributed by atoms with Crippen LogP contribution < -0.4 is 16.4 Å². The van der Waals surface area contributed by atoms with Crippen molar-refractivity contribution in [3.8, 4) is 0 Å². The maximum Gasteiger partial charge on any atom is 0.326 e. The Bertz CT molecular complexity index is 499. The van der Waals surface area contributed by atoms with Crippen molar-refractivity contribution < 1.29 is 19.5 Å². The van der Waals surface area contributed by atoms with Crippen LogP contribution in [0.25, 0.3) is 0 Å². The second-order valence-corrected chi connectivity index (χ2v) is 4.19. The Kier molecular flexibility index (Phi) is 5.51. The van der Waals surface area contributed by atoms with Crippen molar-refractivity contribution in [1.29, 1.82) is 0 Å². The van der Waals surface area contributed by atoms with Gasteiger partial charge in [-0.3, -0.25) is 9.48 Å². The van der Waals surface area contributed by atoms with Gasteiger partial charge in [-0.25, -0.2) is 9.59 Å². The first kappa shape index (κ1) is 15.5. The van der Waals surface area contributed by atoms with E-state index in [2.05, 4.69) is 15.7 Å². The minimum atomic E-state index is -1.33. The van der Waals surface area contributed by atoms with E-state index < -0.39 is 30.4 Å². The molecule has 0 aromatic carbocycles. The molecule has 1 aromatic rings. The summed E-state index contributed by atoms with van der Waals surface area (Å²) in [4.78, 5) is 33.0. The molecule has 0 radical (unpaired) electrons. The average molecular weight is 283 g/mol. The Morgan fingerprint density at radius 3 is 2.70 bits per heavy atom. The highest BCUT2D eigenvalue weighted by molar-refractivity contribution is 5.87. The molecule has 5 N–H and O–H groups in total. The van der Waals surface area contributed by atoms with Crippen LogP contribution in [0.5, 0.6) is 0 Å². The zero-order valence-corrected chi connectivity index (χ0v) is 11.0. The number of carboxylic acid groups (broad SMARTS) is 1. The number of carboxylic acids is 1. The molecule has 0 saturated carbocycles. The van der Waals surface area contributed by atoms with Gasteiger partial charge in [-0.2, -0.15) is 5.10 Å². The van der Waals surface area contributed by atoms with Crippen molar-refractivity contribution >= 4 is 17.9 Å². The van der Waals surface area contributed by atoms with E-state index in [0.717, 1.165) is 5.69 Å². The van der Waals surface area contributed by atoms with E-state index in [1.54, 1.807) is 17.9 Å². The predicted molar refractivity (Wildman–Crippen MR) is 68.7 cm³/mol. The second-order valence-electron chi connectivity index (χ2n) is 4.19. The molecule has 1 rings (SSSR count). The Hall–Kier alpha value is -2.58. The van der Waals surface area contributed by atoms with Gasteiger partial charge < -0.3 is 21.5 Å². The summed E-state index contributed by atoms with van der Waals surface area (Å²) in [6.45, 7) is 0.297. The second kappa shape index (κ2) is 7.12. The van der Waals surface area contributed by atoms with Gasteiger partial charge in [-0.15, -0.1) is 0 Å². The quantitative estimate of drug-likeness (QED) is 0.487. The van der Waals surface area contributed by atoms with E-state index in [0.29, 0.717) is 13.0 Å². The van der Waals surface area contributed by atoms with Crippen LogP contribution in [0.1, 0.15) is 12.1 Å². The molecule has 9 nitrogen and oxygen atoms in total. The molecule has 1 aromatic heterocycles. The fourth-order valence-corrected chi connectivity index (χ4v) is 1.51. The van der Waals surface area contributed by atoms with Gasteiger partial charge in [0.1, 0.15) is 6.04 Å². The number of nitrogens with zero attached hydrogens (tertiary/aromatic N) is 2. The van der Waals surface area contributed by atoms with Crippen LogP contribution in [0.2, 0.25) is 0 Å². The summed E-state index contributed by atoms with van der Waals surface area (Å²) in [6, 6.07) is -0.191. The lowest BCUT2D eigenvalue weighted by atomic mass is 10.2. The zero-order valence-electron chi connectivity index (χ0n) is 11.0. The van der Waals surface area contributed by atoms with E-state index in [-0.39, 0.29) is 0 Å². The molecule has 0 aliphatic carbocycles. The average Bonchev–Trinajstić information content (AvgIpc) is 2.73. The third-order valence-corrected chi connectivity index (χ3v) is 2.44. The molecule has 0 aliphatic heterocycles. The smallest absolute Gasteiger partial charge is 0.326 e. The van der Waals surface area contributed by atoms with Crippen molar-refractivity contribution in [1.82, 2.24) is 20.4 Å². The number of nitrogens with one attached hydrogen (secondary N) is 2. The molecular formula is C11H17N5O4. The lowest BCUT2D eigenvalue weighted by molar-refractivity contribution is -0.140. The topological polar surface area (TPSA) is 139 Å². The summed E-state index contributed by atoms with van der Waals surface area (Å²) in [5.74, 6) is -2.12. The Balaban J connectivity index is 2.34. The monoisotopic (exact) mass is 283 g/mol. The van der Waals surface area contributed by atoms with Crippen LogP contribution in [0.15, 0.2) is 12.3 Å². The first-order chi connectivity index (χ1) is 9.38. The third kappa shape index (κ3) is 5.38. The molecule has 110 valence electrons. The highest BCUT2D eigenvalue weighted by atomic mass is 16.4. The maximum atomic E-state index is 11.5. The largest absolute Gasteiger partial charge is 0.480 e. The van der Waals surface area contributed by atoms with Gasteiger partial charge in [-0.05, 0) is 6.07 Å². The number of hydrogen-bond acceptors (Lipinski definition) is 4. The Morgan fingerprint density at radius 2 is 2.20 bits per heavy atom. The van der Waals surface area contributed by atoms with E-state index in [1.165, 1.54) is 0 Å². The summed E-state index contributed by atoms with van der Waals surface area (Å²) < 4.78 is 1.64. The van der Waals surface area contributed by atoms with Gasteiger partial charge in [0.15, 0.2) is 0 Å². The molecule has 0 fully saturated rings. The van der Waals surface area contributed by atoms with Crippen molar-refractivity contribution in [2.24, 2.45) is 12.8 Å². The zero-order chi connectivity index (χ0) is 15.1. The highest BCUT2D eigenvalue weighted by Gasteiger charge is 2.21. The van der Waals surface area contributed by atoms with E-state index in [4.69, 9.17) is 10.8 Å². The summed E-state index contributed by atoms with van der Waals surface area (Å²) in [5, 5.41) is 17.6. The van der Waals surface area contributed by atoms with Crippen LogP contribution in [0.3, 0.4) is 0 Å². The number of urea groups is 1. The van der Waals surface area contributed by atoms with E-state index in [1.807, 2.05) is 6.07 Å². The number of amides is 3. The number of primary amides is 1. The number of aryl methyl sites for hydroxylation is 1. The molecule has 1 atom stereocenters. The lowest BCUT2D eigenvalue weighted by Crippen LogP contribution is -2.48. The Labute approximate surface area is 115 Å². The van der Waals surface area contributed by atoms with Crippen LogP contribution in [-0.4, -0.2) is 45.4 Å². The van der Waals surface area contributed by atoms with E-state index >= 15 is 0 Å². The van der Waals surface area contributed by atoms with Gasteiger partial charge in [0.05, 0.1) is 12.1 Å². The number of rotatable bonds is 7. The third-order valence-electron chi connectivity index (χ3n) is 2.44. The summed E-state index contributed by atoms with van der Waals surface area (Å²) in [6.07, 6.45) is 1.84. The van der Waals surface area contributed by atoms with Crippen LogP contribution in [-0.2, 0) is 23.1 Å². The predicted octanol–water partition coefficient (Wildman–Crippen LogP) is -1.41. The first-order valence-electron chi connectivity index (χ1n) is 5.92. The van der Waals surface area contributed by atoms with Gasteiger partial charge >= 0.3 is 12.0 Å². The van der Waals surface area contributed by atoms with Gasteiger partial charge in [0.25, 0.3) is 0 Å². The molecule has 0 unspecified atom stereocenters. The molecule has 3 amide bonds. The van der Waals surface area contributed by atoms with Gasteiger partial charge in [-0.1, -0.05) is 0 Å². The number of aromatic nitrogens is 2. The molecule has 0 bridgehead atoms. The minimum absolute atomic E-state index is 0.297. The lowest BCUT2D eigenvalue weighted by Gasteiger charge is -2.13. The minimum Gasteiger partial charge on any atom is -0.480 e. The normalized spacial score (nSPS) is 11.7. The fourth-order valence-electron chi connectivity index (χ4n) is 1.51. The number of nitrogens with two attached hydrogens (primary N) is 1. The molecule has 0 saturated heterocycles. The fraction of sp³-hybridized carbons (Fsp3) is 0.455. The van der Waals surface area contributed by atoms with Crippen molar-refractivity contribution in [2.75, 3.05) is 6.54 Å². The first-order valence-corrected chi connectivity index (χ1v) is 5.92. The SMILES string of the molecule is Cn1ccc(CCNC(=O)N[C@H](CC(N)=O)C(=O)O)n1. The van der Waals surface area contributed by atoms with Gasteiger partial charge in [0.2, 0.25) is 5.91 Å². The Morgan fingerprint density at radius 1 is 1.50 bits per heavy atom. The van der Waals surface area contributed by atoms with Gasteiger partial charge in [0, 0.05) is 26.2 Å². The van der Waals surface area contributed by atoms with E-state index in [9.17, 15) is 14.4 Å². The number of carbonyl (C=O) groups excluding carboxylic acids is 2. The molecule has 9 heteroatoms. The van der Waals surface area contributed by atoms with Crippen molar-refractivity contribution in [3.63, 3.8) is 0 Å². The highest BCUT2D eigenvalue weighted by Crippen LogP contribution is 1.94. The summed E-state index contributed by atoms with van der Waals surface area (Å²) >= 11 is 0. The van der Waals surface area contributed by atoms with Crippen LogP contribution in [0.4, 0.5) is 4.79 Å². The molecule has 1 heterocycles. The molecule has 0 spiro atoms. The van der Waals surface area contributed by atoms with Crippen molar-refractivity contribution in [2.45, 2.75) is 18.9 Å². The molecule has 20 heavy (non-hydrogen) atoms. The summed E-state index contributed by atoms with van der Waals surface area (Å²) in [7, 11) is 1.78.